The van der Waals surface area contributed by atoms with E-state index >= 15 is 0 Å². The maximum absolute atomic E-state index is 9.49. The van der Waals surface area contributed by atoms with E-state index in [1.54, 1.807) is 11.8 Å². The highest BCUT2D eigenvalue weighted by molar-refractivity contribution is 7.98. The number of hydrogen-bond acceptors (Lipinski definition) is 6. The van der Waals surface area contributed by atoms with E-state index in [-0.39, 0.29) is 12.8 Å². The van der Waals surface area contributed by atoms with Crippen LogP contribution in [0.5, 0.6) is 0 Å². The van der Waals surface area contributed by atoms with Gasteiger partial charge >= 0.3 is 0 Å². The first kappa shape index (κ1) is 14.6. The van der Waals surface area contributed by atoms with Gasteiger partial charge in [0.25, 0.3) is 0 Å². The molecule has 0 saturated carbocycles. The summed E-state index contributed by atoms with van der Waals surface area (Å²) in [4.78, 5) is 5.34. The molecular formula is C14H15N3O2S. The van der Waals surface area contributed by atoms with Crippen molar-refractivity contribution >= 4 is 11.8 Å². The van der Waals surface area contributed by atoms with Gasteiger partial charge in [-0.25, -0.2) is 0 Å². The number of thioether (sulfide) groups is 1. The second-order valence-electron chi connectivity index (χ2n) is 4.43. The van der Waals surface area contributed by atoms with E-state index in [1.807, 2.05) is 13.0 Å². The lowest BCUT2D eigenvalue weighted by Gasteiger charge is -2.00. The smallest absolute Gasteiger partial charge is 0.229 e. The largest absolute Gasteiger partial charge is 0.392 e. The Labute approximate surface area is 121 Å². The summed E-state index contributed by atoms with van der Waals surface area (Å²) in [6, 6.07) is 10.1. The van der Waals surface area contributed by atoms with Gasteiger partial charge in [-0.1, -0.05) is 22.9 Å². The Hall–Kier alpha value is -1.84. The summed E-state index contributed by atoms with van der Waals surface area (Å²) >= 11 is 1.62. The summed E-state index contributed by atoms with van der Waals surface area (Å²) in [5, 5.41) is 21.8. The van der Waals surface area contributed by atoms with Crippen LogP contribution in [0.2, 0.25) is 0 Å². The highest BCUT2D eigenvalue weighted by Crippen LogP contribution is 2.21. The molecule has 1 heterocycles. The van der Waals surface area contributed by atoms with Gasteiger partial charge < -0.3 is 9.63 Å². The van der Waals surface area contributed by atoms with E-state index in [2.05, 4.69) is 34.4 Å². The van der Waals surface area contributed by atoms with Crippen molar-refractivity contribution < 1.29 is 9.63 Å². The fourth-order valence-corrected chi connectivity index (χ4v) is 2.33. The first-order chi connectivity index (χ1) is 9.67. The van der Waals surface area contributed by atoms with Gasteiger partial charge in [0.2, 0.25) is 5.89 Å². The molecule has 20 heavy (non-hydrogen) atoms. The third-order valence-corrected chi connectivity index (χ3v) is 3.64. The number of nitriles is 1. The van der Waals surface area contributed by atoms with Crippen LogP contribution in [-0.2, 0) is 12.2 Å². The third-order valence-electron chi connectivity index (χ3n) is 2.64. The van der Waals surface area contributed by atoms with Crippen molar-refractivity contribution in [2.45, 2.75) is 36.5 Å². The van der Waals surface area contributed by atoms with Crippen LogP contribution in [0, 0.1) is 18.3 Å². The average Bonchev–Trinajstić information content (AvgIpc) is 2.86. The zero-order chi connectivity index (χ0) is 14.4. The highest BCUT2D eigenvalue weighted by atomic mass is 32.2. The molecule has 0 aliphatic rings. The van der Waals surface area contributed by atoms with Crippen molar-refractivity contribution in [2.24, 2.45) is 0 Å². The monoisotopic (exact) mass is 289 g/mol. The van der Waals surface area contributed by atoms with Crippen molar-refractivity contribution in [1.29, 1.82) is 5.26 Å². The predicted molar refractivity (Wildman–Crippen MR) is 75.0 cm³/mol. The summed E-state index contributed by atoms with van der Waals surface area (Å²) in [5.41, 5.74) is 1.22. The summed E-state index contributed by atoms with van der Waals surface area (Å²) in [5.74, 6) is 1.57. The number of benzene rings is 1. The predicted octanol–water partition coefficient (Wildman–Crippen LogP) is 2.49. The zero-order valence-electron chi connectivity index (χ0n) is 11.1. The Bertz CT molecular complexity index is 589. The molecule has 1 aromatic heterocycles. The van der Waals surface area contributed by atoms with Gasteiger partial charge in [-0.2, -0.15) is 10.2 Å². The molecule has 0 radical (unpaired) electrons. The van der Waals surface area contributed by atoms with Crippen molar-refractivity contribution in [3.63, 3.8) is 0 Å². The molecule has 5 nitrogen and oxygen atoms in total. The summed E-state index contributed by atoms with van der Waals surface area (Å²) in [7, 11) is 0. The SMILES string of the molecule is Cc1ccc(SCc2noc(CC(O)CC#N)n2)cc1. The number of rotatable bonds is 6. The van der Waals surface area contributed by atoms with Crippen LogP contribution < -0.4 is 0 Å². The normalized spacial score (nSPS) is 12.1. The molecule has 1 N–H and O–H groups in total. The van der Waals surface area contributed by atoms with E-state index in [0.717, 1.165) is 4.90 Å². The maximum atomic E-state index is 9.49. The summed E-state index contributed by atoms with van der Waals surface area (Å²) < 4.78 is 5.05. The summed E-state index contributed by atoms with van der Waals surface area (Å²) in [6.07, 6.45) is -0.468. The van der Waals surface area contributed by atoms with Gasteiger partial charge in [0.1, 0.15) is 0 Å². The van der Waals surface area contributed by atoms with Crippen LogP contribution in [0.1, 0.15) is 23.7 Å². The molecular weight excluding hydrogens is 274 g/mol. The van der Waals surface area contributed by atoms with Crippen LogP contribution in [-0.4, -0.2) is 21.4 Å². The minimum absolute atomic E-state index is 0.0653. The molecule has 0 amide bonds. The Balaban J connectivity index is 1.86. The molecule has 0 aliphatic carbocycles. The van der Waals surface area contributed by atoms with Crippen LogP contribution >= 0.6 is 11.8 Å². The van der Waals surface area contributed by atoms with E-state index in [0.29, 0.717) is 17.5 Å². The average molecular weight is 289 g/mol. The van der Waals surface area contributed by atoms with Crippen LogP contribution in [0.15, 0.2) is 33.7 Å². The topological polar surface area (TPSA) is 82.9 Å². The number of nitrogens with zero attached hydrogens (tertiary/aromatic N) is 3. The molecule has 104 valence electrons. The van der Waals surface area contributed by atoms with Gasteiger partial charge in [-0.15, -0.1) is 11.8 Å². The maximum Gasteiger partial charge on any atom is 0.229 e. The van der Waals surface area contributed by atoms with Gasteiger partial charge in [-0.05, 0) is 19.1 Å². The van der Waals surface area contributed by atoms with Crippen LogP contribution in [0.3, 0.4) is 0 Å². The molecule has 0 bridgehead atoms. The van der Waals surface area contributed by atoms with Crippen molar-refractivity contribution in [1.82, 2.24) is 10.1 Å². The number of aliphatic hydroxyl groups excluding tert-OH is 1. The molecule has 6 heteroatoms. The third kappa shape index (κ3) is 4.37. The minimum Gasteiger partial charge on any atom is -0.392 e. The number of aliphatic hydroxyl groups is 1. The van der Waals surface area contributed by atoms with Gasteiger partial charge in [-0.3, -0.25) is 0 Å². The highest BCUT2D eigenvalue weighted by Gasteiger charge is 2.12. The standard InChI is InChI=1S/C14H15N3O2S/c1-10-2-4-12(5-3-10)20-9-13-16-14(19-17-13)8-11(18)6-7-15/h2-5,11,18H,6,8-9H2,1H3. The second-order valence-corrected chi connectivity index (χ2v) is 5.48. The second kappa shape index (κ2) is 7.08. The van der Waals surface area contributed by atoms with Crippen LogP contribution in [0.4, 0.5) is 0 Å². The van der Waals surface area contributed by atoms with E-state index in [9.17, 15) is 5.11 Å². The lowest BCUT2D eigenvalue weighted by molar-refractivity contribution is 0.167. The molecule has 0 aliphatic heterocycles. The van der Waals surface area contributed by atoms with E-state index in [1.165, 1.54) is 5.56 Å². The lowest BCUT2D eigenvalue weighted by atomic mass is 10.2. The Morgan fingerprint density at radius 1 is 1.40 bits per heavy atom. The van der Waals surface area contributed by atoms with E-state index in [4.69, 9.17) is 9.78 Å². The lowest BCUT2D eigenvalue weighted by Crippen LogP contribution is -2.09. The molecule has 0 fully saturated rings. The Morgan fingerprint density at radius 3 is 2.85 bits per heavy atom. The molecule has 2 rings (SSSR count). The molecule has 1 aromatic carbocycles. The van der Waals surface area contributed by atoms with E-state index < -0.39 is 6.10 Å². The molecule has 0 saturated heterocycles. The number of aromatic nitrogens is 2. The quantitative estimate of drug-likeness (QED) is 0.823. The minimum atomic E-state index is -0.752. The van der Waals surface area contributed by atoms with Gasteiger partial charge in [0.05, 0.1) is 30.8 Å². The molecule has 0 spiro atoms. The number of hydrogen-bond donors (Lipinski definition) is 1. The fourth-order valence-electron chi connectivity index (χ4n) is 1.59. The fraction of sp³-hybridized carbons (Fsp3) is 0.357. The molecule has 1 unspecified atom stereocenters. The van der Waals surface area contributed by atoms with Crippen LogP contribution in [0.25, 0.3) is 0 Å². The van der Waals surface area contributed by atoms with Gasteiger partial charge in [0, 0.05) is 4.90 Å². The Kier molecular flexibility index (Phi) is 5.16. The summed E-state index contributed by atoms with van der Waals surface area (Å²) in [6.45, 7) is 2.05. The van der Waals surface area contributed by atoms with Crippen molar-refractivity contribution in [2.75, 3.05) is 0 Å². The molecule has 1 atom stereocenters. The Morgan fingerprint density at radius 2 is 2.15 bits per heavy atom. The van der Waals surface area contributed by atoms with Gasteiger partial charge in [0.15, 0.2) is 5.82 Å². The zero-order valence-corrected chi connectivity index (χ0v) is 11.9. The first-order valence-electron chi connectivity index (χ1n) is 6.23. The van der Waals surface area contributed by atoms with Crippen molar-refractivity contribution in [3.8, 4) is 6.07 Å². The first-order valence-corrected chi connectivity index (χ1v) is 7.22. The van der Waals surface area contributed by atoms with Crippen molar-refractivity contribution in [3.05, 3.63) is 41.5 Å². The number of aryl methyl sites for hydroxylation is 1. The molecule has 2 aromatic rings.